The van der Waals surface area contributed by atoms with Crippen LogP contribution in [0.25, 0.3) is 22.0 Å². The first-order valence-electron chi connectivity index (χ1n) is 6.83. The molecular weight excluding hydrogens is 280 g/mol. The number of hydrogen-bond acceptors (Lipinski definition) is 5. The number of hydrogen-bond donors (Lipinski definition) is 1. The number of thiazole rings is 1. The number of nitrogens with two attached hydrogens (primary N) is 1. The van der Waals surface area contributed by atoms with Crippen molar-refractivity contribution < 1.29 is 0 Å². The van der Waals surface area contributed by atoms with Gasteiger partial charge in [0.1, 0.15) is 16.5 Å². The summed E-state index contributed by atoms with van der Waals surface area (Å²) < 4.78 is 0. The van der Waals surface area contributed by atoms with Crippen molar-refractivity contribution in [1.29, 1.82) is 0 Å². The van der Waals surface area contributed by atoms with Crippen molar-refractivity contribution >= 4 is 11.3 Å². The fourth-order valence-corrected chi connectivity index (χ4v) is 3.23. The smallest absolute Gasteiger partial charge is 0.142 e. The van der Waals surface area contributed by atoms with Gasteiger partial charge in [-0.25, -0.2) is 15.0 Å². The molecule has 0 unspecified atom stereocenters. The van der Waals surface area contributed by atoms with Crippen molar-refractivity contribution in [2.45, 2.75) is 13.3 Å². The highest BCUT2D eigenvalue weighted by Crippen LogP contribution is 2.33. The van der Waals surface area contributed by atoms with Crippen LogP contribution in [0.5, 0.6) is 0 Å². The average Bonchev–Trinajstić information content (AvgIpc) is 2.93. The summed E-state index contributed by atoms with van der Waals surface area (Å²) in [5.41, 5.74) is 8.73. The van der Waals surface area contributed by atoms with Gasteiger partial charge in [-0.15, -0.1) is 11.3 Å². The summed E-state index contributed by atoms with van der Waals surface area (Å²) in [4.78, 5) is 14.6. The van der Waals surface area contributed by atoms with Crippen LogP contribution in [0.15, 0.2) is 42.6 Å². The Labute approximate surface area is 127 Å². The average molecular weight is 296 g/mol. The highest BCUT2D eigenvalue weighted by Gasteiger charge is 2.14. The number of nitrogens with zero attached hydrogens (tertiary/aromatic N) is 3. The van der Waals surface area contributed by atoms with Crippen molar-refractivity contribution in [3.8, 4) is 22.0 Å². The maximum atomic E-state index is 5.73. The molecule has 0 saturated heterocycles. The minimum Gasteiger partial charge on any atom is -0.330 e. The Morgan fingerprint density at radius 2 is 1.90 bits per heavy atom. The van der Waals surface area contributed by atoms with E-state index in [1.807, 2.05) is 31.2 Å². The van der Waals surface area contributed by atoms with Crippen LogP contribution in [0.2, 0.25) is 0 Å². The Hall–Kier alpha value is -2.11. The molecule has 3 aromatic rings. The topological polar surface area (TPSA) is 64.7 Å². The molecule has 1 aromatic carbocycles. The quantitative estimate of drug-likeness (QED) is 0.803. The van der Waals surface area contributed by atoms with Gasteiger partial charge in [-0.1, -0.05) is 30.3 Å². The van der Waals surface area contributed by atoms with Gasteiger partial charge in [-0.2, -0.15) is 0 Å². The third-order valence-corrected chi connectivity index (χ3v) is 4.25. The zero-order valence-corrected chi connectivity index (χ0v) is 12.6. The summed E-state index contributed by atoms with van der Waals surface area (Å²) in [6, 6.07) is 12.1. The normalized spacial score (nSPS) is 10.8. The molecule has 0 fully saturated rings. The molecule has 5 heteroatoms. The van der Waals surface area contributed by atoms with Crippen LogP contribution in [-0.4, -0.2) is 21.5 Å². The van der Waals surface area contributed by atoms with Crippen LogP contribution >= 0.6 is 11.3 Å². The lowest BCUT2D eigenvalue weighted by Gasteiger charge is -2.00. The van der Waals surface area contributed by atoms with Crippen LogP contribution < -0.4 is 5.73 Å². The Morgan fingerprint density at radius 3 is 2.62 bits per heavy atom. The van der Waals surface area contributed by atoms with Gasteiger partial charge in [0.2, 0.25) is 0 Å². The van der Waals surface area contributed by atoms with E-state index >= 15 is 0 Å². The van der Waals surface area contributed by atoms with Gasteiger partial charge in [-0.05, 0) is 26.0 Å². The van der Waals surface area contributed by atoms with Gasteiger partial charge in [0, 0.05) is 16.6 Å². The molecule has 21 heavy (non-hydrogen) atoms. The number of rotatable bonds is 4. The third-order valence-electron chi connectivity index (χ3n) is 3.11. The second-order valence-electron chi connectivity index (χ2n) is 4.68. The van der Waals surface area contributed by atoms with Crippen molar-refractivity contribution in [3.63, 3.8) is 0 Å². The van der Waals surface area contributed by atoms with Crippen molar-refractivity contribution in [2.75, 3.05) is 6.54 Å². The van der Waals surface area contributed by atoms with Gasteiger partial charge in [0.05, 0.1) is 5.69 Å². The summed E-state index contributed by atoms with van der Waals surface area (Å²) in [5.74, 6) is 0.754. The van der Waals surface area contributed by atoms with E-state index in [0.29, 0.717) is 6.54 Å². The van der Waals surface area contributed by atoms with Gasteiger partial charge in [-0.3, -0.25) is 0 Å². The molecular formula is C16H16N4S. The van der Waals surface area contributed by atoms with Crippen molar-refractivity contribution in [3.05, 3.63) is 53.3 Å². The zero-order valence-electron chi connectivity index (χ0n) is 11.8. The lowest BCUT2D eigenvalue weighted by molar-refractivity contribution is 0.986. The van der Waals surface area contributed by atoms with Crippen LogP contribution in [0.4, 0.5) is 0 Å². The largest absolute Gasteiger partial charge is 0.330 e. The van der Waals surface area contributed by atoms with Gasteiger partial charge in [0.15, 0.2) is 0 Å². The second kappa shape index (κ2) is 6.11. The molecule has 2 N–H and O–H groups in total. The molecule has 0 saturated carbocycles. The molecule has 0 atom stereocenters. The molecule has 3 rings (SSSR count). The standard InChI is InChI=1S/C16H16N4S/c1-11-18-10-8-13(19-11)16-20-15(14(21-16)7-9-17)12-5-3-2-4-6-12/h2-6,8,10H,7,9,17H2,1H3. The first kappa shape index (κ1) is 13.9. The summed E-state index contributed by atoms with van der Waals surface area (Å²) >= 11 is 1.66. The monoisotopic (exact) mass is 296 g/mol. The third kappa shape index (κ3) is 2.99. The fraction of sp³-hybridized carbons (Fsp3) is 0.188. The van der Waals surface area contributed by atoms with E-state index in [-0.39, 0.29) is 0 Å². The molecule has 0 amide bonds. The molecule has 2 aromatic heterocycles. The molecule has 0 aliphatic heterocycles. The van der Waals surface area contributed by atoms with Crippen LogP contribution in [0.1, 0.15) is 10.7 Å². The Bertz CT molecular complexity index is 737. The van der Waals surface area contributed by atoms with Gasteiger partial charge < -0.3 is 5.73 Å². The number of benzene rings is 1. The summed E-state index contributed by atoms with van der Waals surface area (Å²) in [6.07, 6.45) is 2.59. The van der Waals surface area contributed by atoms with E-state index in [0.717, 1.165) is 34.2 Å². The Kier molecular flexibility index (Phi) is 4.03. The van der Waals surface area contributed by atoms with E-state index in [4.69, 9.17) is 10.7 Å². The van der Waals surface area contributed by atoms with Crippen LogP contribution in [-0.2, 0) is 6.42 Å². The van der Waals surface area contributed by atoms with Crippen molar-refractivity contribution in [2.24, 2.45) is 5.73 Å². The van der Waals surface area contributed by atoms with Crippen molar-refractivity contribution in [1.82, 2.24) is 15.0 Å². The summed E-state index contributed by atoms with van der Waals surface area (Å²) in [7, 11) is 0. The lowest BCUT2D eigenvalue weighted by Crippen LogP contribution is -2.02. The zero-order chi connectivity index (χ0) is 14.7. The Morgan fingerprint density at radius 1 is 1.10 bits per heavy atom. The lowest BCUT2D eigenvalue weighted by atomic mass is 10.1. The number of aromatic nitrogens is 3. The highest BCUT2D eigenvalue weighted by atomic mass is 32.1. The van der Waals surface area contributed by atoms with E-state index in [2.05, 4.69) is 22.1 Å². The van der Waals surface area contributed by atoms with Gasteiger partial charge >= 0.3 is 0 Å². The molecule has 0 radical (unpaired) electrons. The van der Waals surface area contributed by atoms with E-state index in [9.17, 15) is 0 Å². The van der Waals surface area contributed by atoms with E-state index in [1.54, 1.807) is 17.5 Å². The predicted molar refractivity (Wildman–Crippen MR) is 86.1 cm³/mol. The summed E-state index contributed by atoms with van der Waals surface area (Å²) in [5, 5.41) is 0.919. The number of aryl methyl sites for hydroxylation is 1. The first-order valence-corrected chi connectivity index (χ1v) is 7.65. The maximum Gasteiger partial charge on any atom is 0.142 e. The fourth-order valence-electron chi connectivity index (χ4n) is 2.16. The van der Waals surface area contributed by atoms with Crippen LogP contribution in [0, 0.1) is 6.92 Å². The summed E-state index contributed by atoms with van der Waals surface area (Å²) in [6.45, 7) is 2.50. The molecule has 0 aliphatic rings. The molecule has 2 heterocycles. The first-order chi connectivity index (χ1) is 10.3. The van der Waals surface area contributed by atoms with Crippen LogP contribution in [0.3, 0.4) is 0 Å². The van der Waals surface area contributed by atoms with Gasteiger partial charge in [0.25, 0.3) is 0 Å². The second-order valence-corrected chi connectivity index (χ2v) is 5.77. The predicted octanol–water partition coefficient (Wildman–Crippen LogP) is 3.08. The molecule has 4 nitrogen and oxygen atoms in total. The molecule has 0 spiro atoms. The molecule has 0 bridgehead atoms. The maximum absolute atomic E-state index is 5.73. The Balaban J connectivity index is 2.08. The van der Waals surface area contributed by atoms with E-state index < -0.39 is 0 Å². The minimum absolute atomic E-state index is 0.615. The van der Waals surface area contributed by atoms with E-state index in [1.165, 1.54) is 4.88 Å². The highest BCUT2D eigenvalue weighted by molar-refractivity contribution is 7.15. The molecule has 0 aliphatic carbocycles. The molecule has 106 valence electrons. The minimum atomic E-state index is 0.615. The SMILES string of the molecule is Cc1nccc(-c2nc(-c3ccccc3)c(CCN)s2)n1.